The predicted molar refractivity (Wildman–Crippen MR) is 321 cm³/mol. The van der Waals surface area contributed by atoms with Crippen molar-refractivity contribution in [2.75, 3.05) is 45.8 Å². The van der Waals surface area contributed by atoms with Crippen LogP contribution < -0.4 is 5.32 Å². The number of aromatic nitrogens is 2. The molecule has 2 aliphatic heterocycles. The van der Waals surface area contributed by atoms with Crippen molar-refractivity contribution in [3.63, 3.8) is 0 Å². The van der Waals surface area contributed by atoms with Crippen LogP contribution in [-0.2, 0) is 25.7 Å². The smallest absolute Gasteiger partial charge is 0.249 e. The number of nitrogens with zero attached hydrogens (tertiary/aromatic N) is 6. The second kappa shape index (κ2) is 30.4. The van der Waals surface area contributed by atoms with Crippen LogP contribution in [0.1, 0.15) is 151 Å². The average molecular weight is 1090 g/mol. The molecule has 0 spiro atoms. The maximum atomic E-state index is 14.4. The number of ketones is 1. The average Bonchev–Trinajstić information content (AvgIpc) is 4.10. The third-order valence-electron chi connectivity index (χ3n) is 15.3. The normalized spacial score (nSPS) is 17.7. The number of amides is 3. The maximum Gasteiger partial charge on any atom is 0.249 e. The Bertz CT molecular complexity index is 2840. The number of rotatable bonds is 25. The first-order valence-corrected chi connectivity index (χ1v) is 30.6. The number of thiazole rings is 2. The van der Waals surface area contributed by atoms with Crippen LogP contribution in [-0.4, -0.2) is 106 Å². The van der Waals surface area contributed by atoms with E-state index >= 15 is 0 Å². The highest BCUT2D eigenvalue weighted by Crippen LogP contribution is 2.39. The number of likely N-dealkylation sites (tertiary alicyclic amines) is 2. The molecule has 4 heterocycles. The fourth-order valence-electron chi connectivity index (χ4n) is 10.9. The maximum absolute atomic E-state index is 14.4. The molecule has 2 saturated heterocycles. The molecule has 0 bridgehead atoms. The van der Waals surface area contributed by atoms with Crippen LogP contribution in [0.15, 0.2) is 132 Å². The summed E-state index contributed by atoms with van der Waals surface area (Å²) >= 11 is 3.30. The molecular formula is C65H81N7O4S2. The topological polar surface area (TPSA) is 128 Å². The van der Waals surface area contributed by atoms with Gasteiger partial charge in [0, 0.05) is 43.9 Å². The van der Waals surface area contributed by atoms with Crippen LogP contribution in [0.3, 0.4) is 0 Å². The molecule has 2 aromatic heterocycles. The van der Waals surface area contributed by atoms with E-state index < -0.39 is 12.0 Å². The number of hydrogen-bond donors (Lipinski definition) is 1. The van der Waals surface area contributed by atoms with Gasteiger partial charge in [-0.15, -0.1) is 22.7 Å². The fourth-order valence-corrected chi connectivity index (χ4v) is 12.9. The van der Waals surface area contributed by atoms with E-state index in [9.17, 15) is 19.2 Å². The molecule has 3 amide bonds. The van der Waals surface area contributed by atoms with Crippen molar-refractivity contribution >= 4 is 52.4 Å². The van der Waals surface area contributed by atoms with E-state index in [1.165, 1.54) is 38.5 Å². The molecule has 1 N–H and O–H groups in total. The van der Waals surface area contributed by atoms with Crippen molar-refractivity contribution in [2.45, 2.75) is 148 Å². The van der Waals surface area contributed by atoms with Gasteiger partial charge in [-0.05, 0) is 162 Å². The molecule has 3 aliphatic rings. The van der Waals surface area contributed by atoms with Crippen LogP contribution in [0.5, 0.6) is 0 Å². The third-order valence-corrected chi connectivity index (χ3v) is 17.6. The van der Waals surface area contributed by atoms with Gasteiger partial charge in [0.05, 0.1) is 27.2 Å². The lowest BCUT2D eigenvalue weighted by atomic mass is 9.87. The summed E-state index contributed by atoms with van der Waals surface area (Å²) in [6, 6.07) is 26.2. The van der Waals surface area contributed by atoms with Crippen LogP contribution >= 0.6 is 22.7 Å². The SMILES string of the molecule is CCC=CC=C(C)C(NC(=O)CCCN1CCCCC1)C(=O)N(CCC)Cc1ncc(-c2ccc(-c3ccc(-c4cnc(C5CCCC=C(C(=O)C(C=NC(=O)CCCN6CCCCC6)c6ccccc6)C5)s4)cc3)cc2)s1. The van der Waals surface area contributed by atoms with Gasteiger partial charge in [0.2, 0.25) is 17.7 Å². The van der Waals surface area contributed by atoms with Gasteiger partial charge in [0.15, 0.2) is 5.78 Å². The highest BCUT2D eigenvalue weighted by atomic mass is 32.1. The van der Waals surface area contributed by atoms with Gasteiger partial charge in [0.25, 0.3) is 0 Å². The van der Waals surface area contributed by atoms with Crippen molar-refractivity contribution in [3.05, 3.63) is 142 Å². The monoisotopic (exact) mass is 1090 g/mol. The molecule has 412 valence electrons. The number of Topliss-reactive ketones (excluding diaryl/α,β-unsaturated/α-hetero) is 1. The number of aliphatic imine (C=N–C) groups is 1. The van der Waals surface area contributed by atoms with Crippen LogP contribution in [0.2, 0.25) is 0 Å². The highest BCUT2D eigenvalue weighted by Gasteiger charge is 2.30. The minimum atomic E-state index is -0.744. The molecule has 3 unspecified atom stereocenters. The quantitative estimate of drug-likeness (QED) is 0.0452. The van der Waals surface area contributed by atoms with E-state index in [-0.39, 0.29) is 29.4 Å². The Hall–Kier alpha value is -5.99. The summed E-state index contributed by atoms with van der Waals surface area (Å²) < 4.78 is 0. The van der Waals surface area contributed by atoms with Gasteiger partial charge in [-0.2, -0.15) is 0 Å². The summed E-state index contributed by atoms with van der Waals surface area (Å²) in [7, 11) is 0. The van der Waals surface area contributed by atoms with E-state index in [1.54, 1.807) is 28.9 Å². The van der Waals surface area contributed by atoms with Crippen molar-refractivity contribution < 1.29 is 19.2 Å². The van der Waals surface area contributed by atoms with E-state index in [1.807, 2.05) is 66.7 Å². The predicted octanol–water partition coefficient (Wildman–Crippen LogP) is 13.8. The number of carbonyl (C=O) groups excluding carboxylic acids is 4. The van der Waals surface area contributed by atoms with Crippen LogP contribution in [0.25, 0.3) is 32.0 Å². The van der Waals surface area contributed by atoms with Gasteiger partial charge in [-0.25, -0.2) is 15.0 Å². The van der Waals surface area contributed by atoms with E-state index in [0.29, 0.717) is 32.4 Å². The van der Waals surface area contributed by atoms with Crippen molar-refractivity contribution in [1.29, 1.82) is 0 Å². The lowest BCUT2D eigenvalue weighted by Crippen LogP contribution is -2.49. The molecular weight excluding hydrogens is 1010 g/mol. The molecule has 13 heteroatoms. The molecule has 11 nitrogen and oxygen atoms in total. The van der Waals surface area contributed by atoms with Crippen LogP contribution in [0, 0.1) is 0 Å². The van der Waals surface area contributed by atoms with E-state index in [0.717, 1.165) is 143 Å². The van der Waals surface area contributed by atoms with Gasteiger partial charge in [-0.1, -0.05) is 130 Å². The summed E-state index contributed by atoms with van der Waals surface area (Å²) in [5.74, 6) is -0.852. The van der Waals surface area contributed by atoms with E-state index in [4.69, 9.17) is 9.97 Å². The fraction of sp³-hybridized carbons (Fsp3) is 0.462. The number of benzene rings is 3. The van der Waals surface area contributed by atoms with Crippen molar-refractivity contribution in [1.82, 2.24) is 30.0 Å². The standard InChI is InChI=1S/C65H81N7O4S2/c1-4-6-10-21-48(3)62(69-60(74)27-20-42-71-39-17-9-18-40-71)65(76)72(36-5-2)47-61-67-45-57(77-61)52-32-28-49(29-33-52)50-30-34-53(35-31-50)58-46-68-64(78-58)55-25-14-13-24-54(43-55)63(75)56(51-22-11-7-12-23-51)44-66-59(73)26-19-41-70-37-15-8-16-38-70/h6-7,10-12,21-24,28-35,44-46,55-56,62H,4-5,8-9,13-20,25-27,36-43,47H2,1-3H3,(H,69,74). The molecule has 3 atom stereocenters. The van der Waals surface area contributed by atoms with Gasteiger partial charge in [0.1, 0.15) is 11.0 Å². The summed E-state index contributed by atoms with van der Waals surface area (Å²) in [5, 5.41) is 5.01. The number of nitrogens with one attached hydrogen (secondary N) is 1. The van der Waals surface area contributed by atoms with Gasteiger partial charge < -0.3 is 20.0 Å². The zero-order valence-corrected chi connectivity index (χ0v) is 48.0. The Morgan fingerprint density at radius 2 is 1.37 bits per heavy atom. The van der Waals surface area contributed by atoms with Crippen LogP contribution in [0.4, 0.5) is 0 Å². The highest BCUT2D eigenvalue weighted by molar-refractivity contribution is 7.15. The molecule has 8 rings (SSSR count). The van der Waals surface area contributed by atoms with Crippen molar-refractivity contribution in [3.8, 4) is 32.0 Å². The molecule has 2 fully saturated rings. The number of piperidine rings is 2. The zero-order valence-electron chi connectivity index (χ0n) is 46.4. The van der Waals surface area contributed by atoms with Gasteiger partial charge in [-0.3, -0.25) is 19.2 Å². The summed E-state index contributed by atoms with van der Waals surface area (Å²) in [4.78, 5) is 78.1. The largest absolute Gasteiger partial charge is 0.341 e. The zero-order chi connectivity index (χ0) is 54.5. The third kappa shape index (κ3) is 17.0. The summed E-state index contributed by atoms with van der Waals surface area (Å²) in [5.41, 5.74) is 6.84. The molecule has 3 aromatic carbocycles. The Labute approximate surface area is 472 Å². The first kappa shape index (κ1) is 58.2. The number of hydrogen-bond acceptors (Lipinski definition) is 10. The molecule has 5 aromatic rings. The minimum Gasteiger partial charge on any atom is -0.341 e. The Kier molecular flexibility index (Phi) is 22.7. The summed E-state index contributed by atoms with van der Waals surface area (Å²) in [6.07, 6.45) is 28.4. The molecule has 0 saturated carbocycles. The second-order valence-electron chi connectivity index (χ2n) is 21.3. The lowest BCUT2D eigenvalue weighted by molar-refractivity contribution is -0.136. The van der Waals surface area contributed by atoms with E-state index in [2.05, 4.69) is 94.6 Å². The Morgan fingerprint density at radius 3 is 2.01 bits per heavy atom. The number of allylic oxidation sites excluding steroid dienone is 5. The van der Waals surface area contributed by atoms with Crippen molar-refractivity contribution in [2.24, 2.45) is 4.99 Å². The Morgan fingerprint density at radius 1 is 0.756 bits per heavy atom. The first-order chi connectivity index (χ1) is 38.1. The van der Waals surface area contributed by atoms with Gasteiger partial charge >= 0.3 is 0 Å². The molecule has 0 radical (unpaired) electrons. The minimum absolute atomic E-state index is 0.0120. The molecule has 1 aliphatic carbocycles. The summed E-state index contributed by atoms with van der Waals surface area (Å²) in [6.45, 7) is 13.3. The lowest BCUT2D eigenvalue weighted by Gasteiger charge is -2.28. The number of carbonyl (C=O) groups is 4. The first-order valence-electron chi connectivity index (χ1n) is 29.0. The second-order valence-corrected chi connectivity index (χ2v) is 23.5. The Balaban J connectivity index is 0.869. The molecule has 78 heavy (non-hydrogen) atoms.